The summed E-state index contributed by atoms with van der Waals surface area (Å²) in [7, 11) is 0. The van der Waals surface area contributed by atoms with Crippen molar-refractivity contribution in [3.05, 3.63) is 54.6 Å². The minimum Gasteiger partial charge on any atom is -0.394 e. The molecule has 8 heteroatoms. The fourth-order valence-electron chi connectivity index (χ4n) is 6.57. The Morgan fingerprint density at radius 3 is 2.41 bits per heavy atom. The number of anilines is 1. The van der Waals surface area contributed by atoms with Crippen LogP contribution in [0.3, 0.4) is 0 Å². The lowest BCUT2D eigenvalue weighted by molar-refractivity contribution is -0.147. The monoisotopic (exact) mass is 523 g/mol. The number of likely N-dealkylation sites (tertiary alicyclic amines) is 1. The van der Waals surface area contributed by atoms with E-state index in [9.17, 15) is 19.5 Å². The molecule has 1 N–H and O–H groups in total. The summed E-state index contributed by atoms with van der Waals surface area (Å²) in [5, 5.41) is 10.3. The molecule has 4 heterocycles. The molecule has 2 fully saturated rings. The number of aliphatic hydroxyl groups excluding tert-OH is 1. The number of carbonyl (C=O) groups is 3. The van der Waals surface area contributed by atoms with Gasteiger partial charge in [-0.05, 0) is 31.9 Å². The molecule has 0 aromatic heterocycles. The number of thioether (sulfide) groups is 1. The maximum Gasteiger partial charge on any atom is 0.247 e. The highest BCUT2D eigenvalue weighted by Gasteiger charge is 2.72. The van der Waals surface area contributed by atoms with Gasteiger partial charge in [-0.2, -0.15) is 0 Å². The Morgan fingerprint density at radius 2 is 1.76 bits per heavy atom. The van der Waals surface area contributed by atoms with Crippen LogP contribution < -0.4 is 4.90 Å². The van der Waals surface area contributed by atoms with E-state index in [-0.39, 0.29) is 41.5 Å². The number of carbonyl (C=O) groups excluding carboxylic acids is 3. The molecule has 1 aromatic carbocycles. The highest BCUT2D eigenvalue weighted by Crippen LogP contribution is 2.61. The first-order chi connectivity index (χ1) is 17.8. The van der Waals surface area contributed by atoms with Crippen molar-refractivity contribution in [1.29, 1.82) is 0 Å². The molecule has 1 unspecified atom stereocenters. The standard InChI is InChI=1S/C29H37N3O4S/c1-5-19(4)21(17-33)32-25-28(36)30(18(2)3)16-10-14-29(25)24(27(32)35)23-22(37-29)13-9-15-31(26(23)34)20-11-7-6-8-12-20/h6-14,18-19,21-25,33H,5,15-17H2,1-4H3/t19-,21-,22+,23-,24-,25?,29-/m0/s1. The number of amides is 3. The number of nitrogens with zero attached hydrogens (tertiary/aromatic N) is 3. The van der Waals surface area contributed by atoms with Crippen molar-refractivity contribution < 1.29 is 19.5 Å². The Morgan fingerprint density at radius 1 is 1.03 bits per heavy atom. The van der Waals surface area contributed by atoms with Crippen LogP contribution >= 0.6 is 11.8 Å². The third-order valence-electron chi connectivity index (χ3n) is 8.66. The minimum absolute atomic E-state index is 0.00343. The third kappa shape index (κ3) is 3.95. The maximum atomic E-state index is 14.5. The van der Waals surface area contributed by atoms with Crippen LogP contribution in [0.4, 0.5) is 5.69 Å². The zero-order chi connectivity index (χ0) is 26.5. The molecule has 0 aliphatic carbocycles. The fraction of sp³-hybridized carbons (Fsp3) is 0.552. The van der Waals surface area contributed by atoms with Gasteiger partial charge in [0.15, 0.2) is 0 Å². The normalized spacial score (nSPS) is 32.8. The zero-order valence-electron chi connectivity index (χ0n) is 22.0. The molecule has 37 heavy (non-hydrogen) atoms. The van der Waals surface area contributed by atoms with Crippen LogP contribution in [0.15, 0.2) is 54.6 Å². The molecule has 1 aromatic rings. The molecule has 0 saturated carbocycles. The Balaban J connectivity index is 1.64. The predicted octanol–water partition coefficient (Wildman–Crippen LogP) is 3.10. The van der Waals surface area contributed by atoms with Gasteiger partial charge < -0.3 is 19.8 Å². The van der Waals surface area contributed by atoms with E-state index in [4.69, 9.17) is 0 Å². The lowest BCUT2D eigenvalue weighted by Gasteiger charge is -2.41. The molecular formula is C29H37N3O4S. The van der Waals surface area contributed by atoms with Gasteiger partial charge in [-0.3, -0.25) is 14.4 Å². The van der Waals surface area contributed by atoms with E-state index in [0.29, 0.717) is 13.1 Å². The molecule has 1 spiro atoms. The summed E-state index contributed by atoms with van der Waals surface area (Å²) in [5.41, 5.74) is 0.800. The number of rotatable bonds is 6. The van der Waals surface area contributed by atoms with Crippen molar-refractivity contribution in [3.63, 3.8) is 0 Å². The Labute approximate surface area is 223 Å². The average Bonchev–Trinajstić information content (AvgIpc) is 3.20. The zero-order valence-corrected chi connectivity index (χ0v) is 22.8. The van der Waals surface area contributed by atoms with Crippen LogP contribution in [0.5, 0.6) is 0 Å². The first-order valence-corrected chi connectivity index (χ1v) is 14.3. The SMILES string of the molecule is CC[C@H](C)[C@H](CO)N1C(=O)[C@@H]2[C@H]3C(=O)N(c4ccccc4)CC=C[C@H]3S[C@@]23C=CCN(C(C)C)C(=O)C13. The van der Waals surface area contributed by atoms with Gasteiger partial charge in [-0.25, -0.2) is 0 Å². The van der Waals surface area contributed by atoms with Crippen molar-refractivity contribution >= 4 is 35.2 Å². The molecule has 5 rings (SSSR count). The van der Waals surface area contributed by atoms with Gasteiger partial charge in [-0.1, -0.05) is 62.8 Å². The van der Waals surface area contributed by atoms with Crippen molar-refractivity contribution in [2.45, 2.75) is 62.2 Å². The van der Waals surface area contributed by atoms with Crippen LogP contribution in [0, 0.1) is 17.8 Å². The van der Waals surface area contributed by atoms with Crippen molar-refractivity contribution in [2.24, 2.45) is 17.8 Å². The van der Waals surface area contributed by atoms with Crippen LogP contribution in [0.1, 0.15) is 34.1 Å². The highest BCUT2D eigenvalue weighted by molar-refractivity contribution is 8.02. The summed E-state index contributed by atoms with van der Waals surface area (Å²) in [6, 6.07) is 8.26. The van der Waals surface area contributed by atoms with Crippen LogP contribution in [0.25, 0.3) is 0 Å². The van der Waals surface area contributed by atoms with Crippen LogP contribution in [-0.2, 0) is 14.4 Å². The molecule has 4 aliphatic heterocycles. The van der Waals surface area contributed by atoms with Gasteiger partial charge in [0.25, 0.3) is 0 Å². The van der Waals surface area contributed by atoms with Crippen LogP contribution in [0.2, 0.25) is 0 Å². The Hall–Kier alpha value is -2.58. The largest absolute Gasteiger partial charge is 0.394 e. The molecule has 3 amide bonds. The topological polar surface area (TPSA) is 81.2 Å². The number of benzene rings is 1. The van der Waals surface area contributed by atoms with Crippen LogP contribution in [-0.4, -0.2) is 80.4 Å². The lowest BCUT2D eigenvalue weighted by Crippen LogP contribution is -2.58. The molecule has 0 bridgehead atoms. The molecule has 4 aliphatic rings. The smallest absolute Gasteiger partial charge is 0.247 e. The number of hydrogen-bond donors (Lipinski definition) is 1. The highest BCUT2D eigenvalue weighted by atomic mass is 32.2. The summed E-state index contributed by atoms with van der Waals surface area (Å²) in [6.07, 6.45) is 8.87. The van der Waals surface area contributed by atoms with Gasteiger partial charge in [0.1, 0.15) is 6.04 Å². The van der Waals surface area contributed by atoms with Crippen molar-refractivity contribution in [1.82, 2.24) is 9.80 Å². The average molecular weight is 524 g/mol. The summed E-state index contributed by atoms with van der Waals surface area (Å²) >= 11 is 1.58. The second kappa shape index (κ2) is 9.95. The second-order valence-electron chi connectivity index (χ2n) is 10.9. The Bertz CT molecular complexity index is 1120. The van der Waals surface area contributed by atoms with Crippen molar-refractivity contribution in [2.75, 3.05) is 24.6 Å². The molecule has 198 valence electrons. The summed E-state index contributed by atoms with van der Waals surface area (Å²) in [6.45, 7) is 8.69. The van der Waals surface area contributed by atoms with Gasteiger partial charge in [0.2, 0.25) is 17.7 Å². The first-order valence-electron chi connectivity index (χ1n) is 13.4. The molecule has 0 radical (unpaired) electrons. The quantitative estimate of drug-likeness (QED) is 0.580. The number of para-hydroxylation sites is 1. The van der Waals surface area contributed by atoms with E-state index in [0.717, 1.165) is 12.1 Å². The molecule has 7 nitrogen and oxygen atoms in total. The number of hydrogen-bond acceptors (Lipinski definition) is 5. The fourth-order valence-corrected chi connectivity index (χ4v) is 8.56. The van der Waals surface area contributed by atoms with E-state index in [2.05, 4.69) is 6.08 Å². The molecule has 7 atom stereocenters. The number of aliphatic hydroxyl groups is 1. The van der Waals surface area contributed by atoms with Gasteiger partial charge in [0, 0.05) is 30.1 Å². The molecule has 2 saturated heterocycles. The third-order valence-corrected chi connectivity index (χ3v) is 10.4. The van der Waals surface area contributed by atoms with E-state index in [1.807, 2.05) is 81.2 Å². The Kier molecular flexibility index (Phi) is 7.00. The summed E-state index contributed by atoms with van der Waals surface area (Å²) in [5.74, 6) is -1.65. The maximum absolute atomic E-state index is 14.5. The van der Waals surface area contributed by atoms with Gasteiger partial charge in [0.05, 0.1) is 29.2 Å². The summed E-state index contributed by atoms with van der Waals surface area (Å²) < 4.78 is -0.867. The number of fused-ring (bicyclic) bond motifs is 2. The second-order valence-corrected chi connectivity index (χ2v) is 12.4. The summed E-state index contributed by atoms with van der Waals surface area (Å²) in [4.78, 5) is 48.1. The minimum atomic E-state index is -0.867. The van der Waals surface area contributed by atoms with E-state index in [1.54, 1.807) is 21.6 Å². The van der Waals surface area contributed by atoms with E-state index < -0.39 is 28.7 Å². The van der Waals surface area contributed by atoms with Crippen molar-refractivity contribution in [3.8, 4) is 0 Å². The van der Waals surface area contributed by atoms with Gasteiger partial charge >= 0.3 is 0 Å². The predicted molar refractivity (Wildman–Crippen MR) is 146 cm³/mol. The van der Waals surface area contributed by atoms with E-state index in [1.165, 1.54) is 0 Å². The molecular weight excluding hydrogens is 486 g/mol. The lowest BCUT2D eigenvalue weighted by atomic mass is 9.78. The van der Waals surface area contributed by atoms with Gasteiger partial charge in [-0.15, -0.1) is 11.8 Å². The van der Waals surface area contributed by atoms with E-state index >= 15 is 0 Å². The first kappa shape index (κ1) is 26.0.